The van der Waals surface area contributed by atoms with Gasteiger partial charge in [-0.05, 0) is 31.0 Å². The second-order valence-corrected chi connectivity index (χ2v) is 8.63. The van der Waals surface area contributed by atoms with Crippen LogP contribution < -0.4 is 0 Å². The van der Waals surface area contributed by atoms with E-state index in [2.05, 4.69) is 4.98 Å². The lowest BCUT2D eigenvalue weighted by molar-refractivity contribution is -0.132. The number of benzene rings is 1. The highest BCUT2D eigenvalue weighted by Crippen LogP contribution is 2.25. The summed E-state index contributed by atoms with van der Waals surface area (Å²) in [5, 5.41) is 0.808. The summed E-state index contributed by atoms with van der Waals surface area (Å²) in [5.74, 6) is 0.0476. The van der Waals surface area contributed by atoms with Crippen molar-refractivity contribution in [3.63, 3.8) is 0 Å². The molecule has 3 rings (SSSR count). The molecule has 0 atom stereocenters. The molecule has 1 amide bonds. The number of pyridine rings is 1. The summed E-state index contributed by atoms with van der Waals surface area (Å²) in [6.45, 7) is 3.87. The molecule has 0 aliphatic carbocycles. The number of methoxy groups -OCH3 is 1. The number of para-hydroxylation sites is 1. The van der Waals surface area contributed by atoms with Gasteiger partial charge in [-0.25, -0.2) is 8.42 Å². The number of amides is 1. The van der Waals surface area contributed by atoms with E-state index in [1.807, 2.05) is 19.1 Å². The van der Waals surface area contributed by atoms with Crippen molar-refractivity contribution >= 4 is 26.8 Å². The number of rotatable bonds is 6. The molecular weight excluding hydrogens is 366 g/mol. The lowest BCUT2D eigenvalue weighted by Gasteiger charge is -2.34. The highest BCUT2D eigenvalue weighted by atomic mass is 32.2. The smallest absolute Gasteiger partial charge is 0.245 e. The second-order valence-electron chi connectivity index (χ2n) is 6.72. The molecule has 1 aliphatic heterocycles. The topological polar surface area (TPSA) is 79.8 Å². The number of hydrogen-bond donors (Lipinski definition) is 0. The Balaban J connectivity index is 1.73. The molecule has 0 unspecified atom stereocenters. The van der Waals surface area contributed by atoms with Gasteiger partial charge in [0.25, 0.3) is 0 Å². The fourth-order valence-electron chi connectivity index (χ4n) is 3.29. The Kier molecular flexibility index (Phi) is 6.08. The Morgan fingerprint density at radius 2 is 1.96 bits per heavy atom. The molecule has 2 heterocycles. The maximum atomic E-state index is 13.1. The number of piperazine rings is 1. The summed E-state index contributed by atoms with van der Waals surface area (Å²) >= 11 is 0. The van der Waals surface area contributed by atoms with Crippen molar-refractivity contribution in [3.8, 4) is 0 Å². The minimum atomic E-state index is -3.66. The van der Waals surface area contributed by atoms with Crippen LogP contribution >= 0.6 is 0 Å². The van der Waals surface area contributed by atoms with E-state index in [4.69, 9.17) is 4.74 Å². The lowest BCUT2D eigenvalue weighted by atomic mass is 10.2. The number of carbonyl (C=O) groups is 1. The van der Waals surface area contributed by atoms with Crippen LogP contribution in [0, 0.1) is 6.92 Å². The molecule has 1 aromatic carbocycles. The zero-order valence-corrected chi connectivity index (χ0v) is 16.5. The van der Waals surface area contributed by atoms with Gasteiger partial charge in [0, 0.05) is 57.9 Å². The second kappa shape index (κ2) is 8.33. The monoisotopic (exact) mass is 391 g/mol. The minimum Gasteiger partial charge on any atom is -0.385 e. The van der Waals surface area contributed by atoms with Gasteiger partial charge in [-0.1, -0.05) is 12.1 Å². The third-order valence-electron chi connectivity index (χ3n) is 4.76. The summed E-state index contributed by atoms with van der Waals surface area (Å²) in [4.78, 5) is 18.5. The highest BCUT2D eigenvalue weighted by molar-refractivity contribution is 7.89. The minimum absolute atomic E-state index is 0.0476. The van der Waals surface area contributed by atoms with Crippen molar-refractivity contribution in [3.05, 3.63) is 36.0 Å². The third-order valence-corrected chi connectivity index (χ3v) is 6.69. The summed E-state index contributed by atoms with van der Waals surface area (Å²) in [6, 6.07) is 7.14. The first-order valence-corrected chi connectivity index (χ1v) is 10.5. The van der Waals surface area contributed by atoms with Crippen LogP contribution in [0.4, 0.5) is 0 Å². The normalized spacial score (nSPS) is 16.0. The van der Waals surface area contributed by atoms with E-state index in [9.17, 15) is 13.2 Å². The molecule has 27 heavy (non-hydrogen) atoms. The molecule has 0 spiro atoms. The van der Waals surface area contributed by atoms with Crippen molar-refractivity contribution in [2.24, 2.45) is 0 Å². The van der Waals surface area contributed by atoms with E-state index in [0.29, 0.717) is 51.1 Å². The van der Waals surface area contributed by atoms with Gasteiger partial charge in [-0.2, -0.15) is 4.31 Å². The van der Waals surface area contributed by atoms with Gasteiger partial charge in [-0.15, -0.1) is 0 Å². The standard InChI is InChI=1S/C19H25N3O4S/c1-15-13-16-5-3-6-17(19(16)20-14-15)27(24,25)22-10-8-21(9-11-22)18(23)7-4-12-26-2/h3,5-6,13-14H,4,7-12H2,1-2H3. The van der Waals surface area contributed by atoms with Crippen LogP contribution in [0.15, 0.2) is 35.4 Å². The Bertz CT molecular complexity index is 922. The largest absolute Gasteiger partial charge is 0.385 e. The van der Waals surface area contributed by atoms with Gasteiger partial charge in [0.15, 0.2) is 0 Å². The van der Waals surface area contributed by atoms with Gasteiger partial charge >= 0.3 is 0 Å². The van der Waals surface area contributed by atoms with Gasteiger partial charge < -0.3 is 9.64 Å². The third kappa shape index (κ3) is 4.28. The average Bonchev–Trinajstić information content (AvgIpc) is 2.67. The lowest BCUT2D eigenvalue weighted by Crippen LogP contribution is -2.50. The molecule has 1 aliphatic rings. The van der Waals surface area contributed by atoms with Crippen molar-refractivity contribution in [1.29, 1.82) is 0 Å². The van der Waals surface area contributed by atoms with Crippen molar-refractivity contribution in [1.82, 2.24) is 14.2 Å². The molecule has 1 aromatic heterocycles. The number of aromatic nitrogens is 1. The average molecular weight is 391 g/mol. The van der Waals surface area contributed by atoms with Crippen molar-refractivity contribution < 1.29 is 17.9 Å². The van der Waals surface area contributed by atoms with Gasteiger partial charge in [0.1, 0.15) is 4.90 Å². The highest BCUT2D eigenvalue weighted by Gasteiger charge is 2.31. The molecule has 1 fully saturated rings. The fourth-order valence-corrected chi connectivity index (χ4v) is 4.88. The number of carbonyl (C=O) groups excluding carboxylic acids is 1. The van der Waals surface area contributed by atoms with E-state index >= 15 is 0 Å². The number of aryl methyl sites for hydroxylation is 1. The molecule has 2 aromatic rings. The van der Waals surface area contributed by atoms with E-state index in [-0.39, 0.29) is 10.8 Å². The number of sulfonamides is 1. The number of fused-ring (bicyclic) bond motifs is 1. The maximum Gasteiger partial charge on any atom is 0.245 e. The molecule has 8 heteroatoms. The molecule has 0 bridgehead atoms. The van der Waals surface area contributed by atoms with Crippen LogP contribution in [0.3, 0.4) is 0 Å². The van der Waals surface area contributed by atoms with Crippen molar-refractivity contribution in [2.75, 3.05) is 39.9 Å². The van der Waals surface area contributed by atoms with Crippen LogP contribution in [0.5, 0.6) is 0 Å². The fraction of sp³-hybridized carbons (Fsp3) is 0.474. The maximum absolute atomic E-state index is 13.1. The Labute approximate surface area is 160 Å². The zero-order chi connectivity index (χ0) is 19.4. The molecule has 0 saturated carbocycles. The van der Waals surface area contributed by atoms with E-state index in [0.717, 1.165) is 10.9 Å². The van der Waals surface area contributed by atoms with Crippen LogP contribution in [-0.2, 0) is 19.6 Å². The molecular formula is C19H25N3O4S. The molecule has 0 radical (unpaired) electrons. The van der Waals surface area contributed by atoms with Crippen LogP contribution in [0.1, 0.15) is 18.4 Å². The first-order chi connectivity index (χ1) is 12.9. The van der Waals surface area contributed by atoms with Crippen LogP contribution in [0.2, 0.25) is 0 Å². The Morgan fingerprint density at radius 1 is 1.22 bits per heavy atom. The molecule has 0 N–H and O–H groups in total. The summed E-state index contributed by atoms with van der Waals surface area (Å²) < 4.78 is 32.7. The predicted octanol–water partition coefficient (Wildman–Crippen LogP) is 1.80. The van der Waals surface area contributed by atoms with E-state index in [1.165, 1.54) is 4.31 Å². The van der Waals surface area contributed by atoms with Crippen molar-refractivity contribution in [2.45, 2.75) is 24.7 Å². The zero-order valence-electron chi connectivity index (χ0n) is 15.7. The van der Waals surface area contributed by atoms with Crippen LogP contribution in [0.25, 0.3) is 10.9 Å². The number of ether oxygens (including phenoxy) is 1. The summed E-state index contributed by atoms with van der Waals surface area (Å²) in [5.41, 5.74) is 1.47. The molecule has 146 valence electrons. The summed E-state index contributed by atoms with van der Waals surface area (Å²) in [6.07, 6.45) is 2.78. The Morgan fingerprint density at radius 3 is 2.67 bits per heavy atom. The van der Waals surface area contributed by atoms with E-state index in [1.54, 1.807) is 30.3 Å². The SMILES string of the molecule is COCCCC(=O)N1CCN(S(=O)(=O)c2cccc3cc(C)cnc23)CC1. The van der Waals surface area contributed by atoms with Crippen LogP contribution in [-0.4, -0.2) is 68.4 Å². The first-order valence-electron chi connectivity index (χ1n) is 9.05. The molecule has 1 saturated heterocycles. The quantitative estimate of drug-likeness (QED) is 0.702. The first kappa shape index (κ1) is 19.7. The van der Waals surface area contributed by atoms with Gasteiger partial charge in [0.2, 0.25) is 15.9 Å². The Hall–Kier alpha value is -2.03. The van der Waals surface area contributed by atoms with Gasteiger partial charge in [0.05, 0.1) is 5.52 Å². The number of nitrogens with zero attached hydrogens (tertiary/aromatic N) is 3. The number of hydrogen-bond acceptors (Lipinski definition) is 5. The van der Waals surface area contributed by atoms with E-state index < -0.39 is 10.0 Å². The summed E-state index contributed by atoms with van der Waals surface area (Å²) in [7, 11) is -2.05. The predicted molar refractivity (Wildman–Crippen MR) is 103 cm³/mol. The van der Waals surface area contributed by atoms with Gasteiger partial charge in [-0.3, -0.25) is 9.78 Å². The molecule has 7 nitrogen and oxygen atoms in total.